The number of aryl methyl sites for hydroxylation is 3. The van der Waals surface area contributed by atoms with Crippen molar-refractivity contribution in [2.45, 2.75) is 59.0 Å². The molecule has 0 bridgehead atoms. The van der Waals surface area contributed by atoms with Crippen LogP contribution in [0.1, 0.15) is 48.4 Å². The Morgan fingerprint density at radius 3 is 2.57 bits per heavy atom. The zero-order chi connectivity index (χ0) is 16.4. The summed E-state index contributed by atoms with van der Waals surface area (Å²) in [6, 6.07) is 8.84. The van der Waals surface area contributed by atoms with E-state index >= 15 is 0 Å². The number of nitrogens with two attached hydrogens (primary N) is 1. The molecule has 122 valence electrons. The Morgan fingerprint density at radius 1 is 1.13 bits per heavy atom. The number of hydrogen-bond donors (Lipinski definition) is 1. The summed E-state index contributed by atoms with van der Waals surface area (Å²) in [6.07, 6.45) is 5.83. The fourth-order valence-electron chi connectivity index (χ4n) is 3.64. The van der Waals surface area contributed by atoms with Crippen molar-refractivity contribution in [3.63, 3.8) is 0 Å². The van der Waals surface area contributed by atoms with Gasteiger partial charge in [-0.25, -0.2) is 0 Å². The van der Waals surface area contributed by atoms with Crippen LogP contribution in [0, 0.1) is 6.92 Å². The average Bonchev–Trinajstić information content (AvgIpc) is 2.57. The first-order valence-electron chi connectivity index (χ1n) is 8.71. The molecule has 0 unspecified atom stereocenters. The van der Waals surface area contributed by atoms with E-state index in [1.54, 1.807) is 0 Å². The second-order valence-corrected chi connectivity index (χ2v) is 6.54. The number of pyridine rings is 1. The van der Waals surface area contributed by atoms with Gasteiger partial charge in [-0.1, -0.05) is 19.1 Å². The summed E-state index contributed by atoms with van der Waals surface area (Å²) in [6.45, 7) is 5.13. The van der Waals surface area contributed by atoms with Crippen molar-refractivity contribution in [1.29, 1.82) is 0 Å². The summed E-state index contributed by atoms with van der Waals surface area (Å²) in [5, 5.41) is 0. The van der Waals surface area contributed by atoms with Gasteiger partial charge in [-0.3, -0.25) is 4.79 Å². The second-order valence-electron chi connectivity index (χ2n) is 6.54. The maximum absolute atomic E-state index is 12.8. The summed E-state index contributed by atoms with van der Waals surface area (Å²) in [5.74, 6) is 0. The van der Waals surface area contributed by atoms with E-state index in [2.05, 4.69) is 31.2 Å². The fraction of sp³-hybridized carbons (Fsp3) is 0.450. The highest BCUT2D eigenvalue weighted by Gasteiger charge is 2.15. The lowest BCUT2D eigenvalue weighted by Crippen LogP contribution is -2.28. The van der Waals surface area contributed by atoms with Crippen molar-refractivity contribution in [2.75, 3.05) is 0 Å². The zero-order valence-corrected chi connectivity index (χ0v) is 14.2. The Hall–Kier alpha value is -1.87. The van der Waals surface area contributed by atoms with Gasteiger partial charge in [0.15, 0.2) is 0 Å². The molecule has 1 aromatic carbocycles. The molecule has 0 radical (unpaired) electrons. The molecule has 23 heavy (non-hydrogen) atoms. The molecule has 1 aliphatic rings. The predicted molar refractivity (Wildman–Crippen MR) is 95.7 cm³/mol. The van der Waals surface area contributed by atoms with E-state index in [0.717, 1.165) is 41.8 Å². The second kappa shape index (κ2) is 6.71. The minimum Gasteiger partial charge on any atom is -0.326 e. The number of benzene rings is 1. The normalized spacial score (nSPS) is 13.9. The summed E-state index contributed by atoms with van der Waals surface area (Å²) in [4.78, 5) is 12.8. The minimum absolute atomic E-state index is 0.0714. The van der Waals surface area contributed by atoms with E-state index in [1.165, 1.54) is 30.4 Å². The third-order valence-corrected chi connectivity index (χ3v) is 4.92. The Labute approximate surface area is 138 Å². The summed E-state index contributed by atoms with van der Waals surface area (Å²) >= 11 is 0. The first kappa shape index (κ1) is 16.0. The zero-order valence-electron chi connectivity index (χ0n) is 14.2. The summed E-state index contributed by atoms with van der Waals surface area (Å²) in [7, 11) is 0. The molecule has 1 aromatic heterocycles. The third-order valence-electron chi connectivity index (χ3n) is 4.92. The van der Waals surface area contributed by atoms with Gasteiger partial charge in [-0.05, 0) is 73.4 Å². The van der Waals surface area contributed by atoms with Gasteiger partial charge >= 0.3 is 0 Å². The molecule has 0 fully saturated rings. The first-order chi connectivity index (χ1) is 11.2. The smallest absolute Gasteiger partial charge is 0.255 e. The topological polar surface area (TPSA) is 48.0 Å². The van der Waals surface area contributed by atoms with Crippen LogP contribution in [0.5, 0.6) is 0 Å². The van der Waals surface area contributed by atoms with Gasteiger partial charge in [0.05, 0.1) is 5.69 Å². The molecule has 3 rings (SSSR count). The van der Waals surface area contributed by atoms with Gasteiger partial charge in [0, 0.05) is 18.7 Å². The highest BCUT2D eigenvalue weighted by Crippen LogP contribution is 2.28. The van der Waals surface area contributed by atoms with Gasteiger partial charge in [-0.15, -0.1) is 0 Å². The Bertz CT molecular complexity index is 774. The standard InChI is InChI=1S/C20H26N2O/c1-3-10-22-19(11-14(2)18(13-21)20(22)23)17-9-8-15-6-4-5-7-16(15)12-17/h8-9,11-12H,3-7,10,13,21H2,1-2H3. The van der Waals surface area contributed by atoms with Crippen LogP contribution in [0.2, 0.25) is 0 Å². The molecule has 3 heteroatoms. The van der Waals surface area contributed by atoms with E-state index in [0.29, 0.717) is 6.54 Å². The predicted octanol–water partition coefficient (Wildman–Crippen LogP) is 3.57. The largest absolute Gasteiger partial charge is 0.326 e. The maximum atomic E-state index is 12.8. The van der Waals surface area contributed by atoms with Crippen LogP contribution in [0.15, 0.2) is 29.1 Å². The van der Waals surface area contributed by atoms with Gasteiger partial charge in [0.25, 0.3) is 5.56 Å². The van der Waals surface area contributed by atoms with Crippen molar-refractivity contribution < 1.29 is 0 Å². The van der Waals surface area contributed by atoms with Gasteiger partial charge in [-0.2, -0.15) is 0 Å². The van der Waals surface area contributed by atoms with E-state index < -0.39 is 0 Å². The van der Waals surface area contributed by atoms with Crippen LogP contribution in [-0.2, 0) is 25.9 Å². The van der Waals surface area contributed by atoms with E-state index in [-0.39, 0.29) is 5.56 Å². The molecule has 2 N–H and O–H groups in total. The van der Waals surface area contributed by atoms with Crippen molar-refractivity contribution >= 4 is 0 Å². The van der Waals surface area contributed by atoms with Crippen molar-refractivity contribution in [2.24, 2.45) is 5.73 Å². The van der Waals surface area contributed by atoms with Gasteiger partial charge < -0.3 is 10.3 Å². The molecule has 1 aliphatic carbocycles. The lowest BCUT2D eigenvalue weighted by atomic mass is 9.89. The first-order valence-corrected chi connectivity index (χ1v) is 8.71. The number of nitrogens with zero attached hydrogens (tertiary/aromatic N) is 1. The highest BCUT2D eigenvalue weighted by atomic mass is 16.1. The van der Waals surface area contributed by atoms with Gasteiger partial charge in [0.1, 0.15) is 0 Å². The van der Waals surface area contributed by atoms with Crippen LogP contribution in [0.25, 0.3) is 11.3 Å². The number of fused-ring (bicyclic) bond motifs is 1. The van der Waals surface area contributed by atoms with E-state index in [1.807, 2.05) is 11.5 Å². The van der Waals surface area contributed by atoms with Gasteiger partial charge in [0.2, 0.25) is 0 Å². The summed E-state index contributed by atoms with van der Waals surface area (Å²) < 4.78 is 1.90. The van der Waals surface area contributed by atoms with E-state index in [4.69, 9.17) is 5.73 Å². The van der Waals surface area contributed by atoms with Crippen molar-refractivity contribution in [3.05, 3.63) is 56.9 Å². The Morgan fingerprint density at radius 2 is 1.87 bits per heavy atom. The lowest BCUT2D eigenvalue weighted by molar-refractivity contribution is 0.651. The lowest BCUT2D eigenvalue weighted by Gasteiger charge is -2.20. The average molecular weight is 310 g/mol. The number of rotatable bonds is 4. The van der Waals surface area contributed by atoms with Crippen molar-refractivity contribution in [3.8, 4) is 11.3 Å². The SMILES string of the molecule is CCCn1c(-c2ccc3c(c2)CCCC3)cc(C)c(CN)c1=O. The number of aromatic nitrogens is 1. The van der Waals surface area contributed by atoms with Crippen molar-refractivity contribution in [1.82, 2.24) is 4.57 Å². The molecule has 0 saturated carbocycles. The Kier molecular flexibility index (Phi) is 4.67. The molecule has 0 spiro atoms. The molecular formula is C20H26N2O. The molecule has 3 nitrogen and oxygen atoms in total. The summed E-state index contributed by atoms with van der Waals surface area (Å²) in [5.41, 5.74) is 12.7. The molecule has 1 heterocycles. The maximum Gasteiger partial charge on any atom is 0.255 e. The molecule has 0 saturated heterocycles. The molecule has 0 amide bonds. The van der Waals surface area contributed by atoms with E-state index in [9.17, 15) is 4.79 Å². The molecule has 0 aliphatic heterocycles. The monoisotopic (exact) mass is 310 g/mol. The quantitative estimate of drug-likeness (QED) is 0.938. The molecule has 2 aromatic rings. The van der Waals surface area contributed by atoms with Crippen LogP contribution in [-0.4, -0.2) is 4.57 Å². The Balaban J connectivity index is 2.17. The highest BCUT2D eigenvalue weighted by molar-refractivity contribution is 5.63. The molecular weight excluding hydrogens is 284 g/mol. The minimum atomic E-state index is 0.0714. The third kappa shape index (κ3) is 2.98. The number of hydrogen-bond acceptors (Lipinski definition) is 2. The van der Waals surface area contributed by atoms with Crippen LogP contribution >= 0.6 is 0 Å². The van der Waals surface area contributed by atoms with Crippen LogP contribution < -0.4 is 11.3 Å². The fourth-order valence-corrected chi connectivity index (χ4v) is 3.64. The van der Waals surface area contributed by atoms with Crippen LogP contribution in [0.3, 0.4) is 0 Å². The molecule has 0 atom stereocenters. The van der Waals surface area contributed by atoms with Crippen LogP contribution in [0.4, 0.5) is 0 Å².